The van der Waals surface area contributed by atoms with Crippen LogP contribution in [0.15, 0.2) is 60.7 Å². The molecule has 0 saturated carbocycles. The highest BCUT2D eigenvalue weighted by Gasteiger charge is 2.46. The highest BCUT2D eigenvalue weighted by atomic mass is 35.5. The second kappa shape index (κ2) is 8.06. The minimum Gasteiger partial charge on any atom is -0.445 e. The first-order valence-electron chi connectivity index (χ1n) is 7.11. The first-order chi connectivity index (χ1) is 11.4. The van der Waals surface area contributed by atoms with E-state index < -0.39 is 23.7 Å². The van der Waals surface area contributed by atoms with E-state index in [0.717, 1.165) is 0 Å². The average Bonchev–Trinajstić information content (AvgIpc) is 2.58. The van der Waals surface area contributed by atoms with Gasteiger partial charge in [-0.1, -0.05) is 60.7 Å². The van der Waals surface area contributed by atoms with Gasteiger partial charge in [0.25, 0.3) is 0 Å². The van der Waals surface area contributed by atoms with Gasteiger partial charge in [0.2, 0.25) is 0 Å². The number of nitrogens with one attached hydrogen (secondary N) is 1. The van der Waals surface area contributed by atoms with Crippen LogP contribution >= 0.6 is 11.6 Å². The van der Waals surface area contributed by atoms with Gasteiger partial charge in [-0.2, -0.15) is 13.2 Å². The largest absolute Gasteiger partial charge is 0.445 e. The molecule has 0 aromatic heterocycles. The van der Waals surface area contributed by atoms with Crippen molar-refractivity contribution < 1.29 is 22.7 Å². The third-order valence-corrected chi connectivity index (χ3v) is 3.75. The standard InChI is InChI=1S/C17H15ClF3NO2/c18-14(13-9-5-2-6-10-13)15(17(19,20)21)22-16(23)24-11-12-7-3-1-4-8-12/h1-10,14-15H,11H2,(H,22,23)/t14-,15-/m1/s1. The Hall–Kier alpha value is -2.21. The van der Waals surface area contributed by atoms with Crippen molar-refractivity contribution in [3.05, 3.63) is 71.8 Å². The molecule has 0 fully saturated rings. The highest BCUT2D eigenvalue weighted by molar-refractivity contribution is 6.21. The number of benzene rings is 2. The molecule has 0 aliphatic heterocycles. The molecule has 24 heavy (non-hydrogen) atoms. The lowest BCUT2D eigenvalue weighted by Crippen LogP contribution is -2.48. The molecule has 0 radical (unpaired) electrons. The normalized spacial score (nSPS) is 13.8. The lowest BCUT2D eigenvalue weighted by molar-refractivity contribution is -0.155. The molecule has 0 unspecified atom stereocenters. The van der Waals surface area contributed by atoms with E-state index in [4.69, 9.17) is 16.3 Å². The van der Waals surface area contributed by atoms with Gasteiger partial charge in [0.15, 0.2) is 0 Å². The van der Waals surface area contributed by atoms with Crippen molar-refractivity contribution in [2.75, 3.05) is 0 Å². The summed E-state index contributed by atoms with van der Waals surface area (Å²) in [5.41, 5.74) is 0.923. The summed E-state index contributed by atoms with van der Waals surface area (Å²) < 4.78 is 44.5. The summed E-state index contributed by atoms with van der Waals surface area (Å²) in [7, 11) is 0. The van der Waals surface area contributed by atoms with Crippen LogP contribution in [0, 0.1) is 0 Å². The minimum atomic E-state index is -4.71. The predicted molar refractivity (Wildman–Crippen MR) is 84.6 cm³/mol. The first-order valence-corrected chi connectivity index (χ1v) is 7.54. The Morgan fingerprint density at radius 1 is 1.04 bits per heavy atom. The maximum Gasteiger partial charge on any atom is 0.410 e. The van der Waals surface area contributed by atoms with Gasteiger partial charge in [0, 0.05) is 0 Å². The van der Waals surface area contributed by atoms with Gasteiger partial charge in [0.1, 0.15) is 12.6 Å². The van der Waals surface area contributed by atoms with Gasteiger partial charge in [-0.05, 0) is 11.1 Å². The number of hydrogen-bond donors (Lipinski definition) is 1. The van der Waals surface area contributed by atoms with Crippen LogP contribution in [0.4, 0.5) is 18.0 Å². The molecule has 2 aromatic rings. The lowest BCUT2D eigenvalue weighted by atomic mass is 10.1. The second-order valence-electron chi connectivity index (χ2n) is 5.04. The van der Waals surface area contributed by atoms with Crippen LogP contribution in [-0.4, -0.2) is 18.3 Å². The van der Waals surface area contributed by atoms with E-state index in [0.29, 0.717) is 5.56 Å². The highest BCUT2D eigenvalue weighted by Crippen LogP contribution is 2.34. The third-order valence-electron chi connectivity index (χ3n) is 3.25. The van der Waals surface area contributed by atoms with Crippen LogP contribution in [0.3, 0.4) is 0 Å². The Labute approximate surface area is 142 Å². The fourth-order valence-corrected chi connectivity index (χ4v) is 2.39. The smallest absolute Gasteiger partial charge is 0.410 e. The molecule has 0 aliphatic carbocycles. The van der Waals surface area contributed by atoms with Gasteiger partial charge in [-0.25, -0.2) is 4.79 Å². The quantitative estimate of drug-likeness (QED) is 0.779. The predicted octanol–water partition coefficient (Wildman–Crippen LogP) is 4.82. The van der Waals surface area contributed by atoms with Gasteiger partial charge in [-0.3, -0.25) is 0 Å². The van der Waals surface area contributed by atoms with E-state index in [1.165, 1.54) is 12.1 Å². The Morgan fingerprint density at radius 3 is 2.12 bits per heavy atom. The number of carbonyl (C=O) groups is 1. The zero-order chi connectivity index (χ0) is 17.6. The third kappa shape index (κ3) is 5.16. The molecule has 0 aliphatic rings. The molecule has 2 aromatic carbocycles. The molecule has 0 bridgehead atoms. The van der Waals surface area contributed by atoms with Crippen molar-refractivity contribution in [2.24, 2.45) is 0 Å². The Kier molecular flexibility index (Phi) is 6.09. The number of amides is 1. The molecular weight excluding hydrogens is 343 g/mol. The molecule has 2 rings (SSSR count). The van der Waals surface area contributed by atoms with Gasteiger partial charge in [-0.15, -0.1) is 11.6 Å². The van der Waals surface area contributed by atoms with Crippen molar-refractivity contribution in [3.63, 3.8) is 0 Å². The Morgan fingerprint density at radius 2 is 1.58 bits per heavy atom. The first kappa shape index (κ1) is 18.1. The summed E-state index contributed by atoms with van der Waals surface area (Å²) in [5.74, 6) is 0. The number of hydrogen-bond acceptors (Lipinski definition) is 2. The maximum absolute atomic E-state index is 13.2. The van der Waals surface area contributed by atoms with Crippen LogP contribution in [0.25, 0.3) is 0 Å². The van der Waals surface area contributed by atoms with Gasteiger partial charge >= 0.3 is 12.3 Å². The van der Waals surface area contributed by atoms with Crippen LogP contribution in [0.1, 0.15) is 16.5 Å². The maximum atomic E-state index is 13.2. The summed E-state index contributed by atoms with van der Waals surface area (Å²) in [6.07, 6.45) is -5.89. The zero-order valence-electron chi connectivity index (χ0n) is 12.5. The number of ether oxygens (including phenoxy) is 1. The molecule has 2 atom stereocenters. The second-order valence-corrected chi connectivity index (χ2v) is 5.51. The summed E-state index contributed by atoms with van der Waals surface area (Å²) in [6.45, 7) is -0.129. The van der Waals surface area contributed by atoms with Crippen LogP contribution in [0.2, 0.25) is 0 Å². The molecule has 1 amide bonds. The topological polar surface area (TPSA) is 38.3 Å². The van der Waals surface area contributed by atoms with Crippen LogP contribution < -0.4 is 5.32 Å². The number of carbonyl (C=O) groups excluding carboxylic acids is 1. The summed E-state index contributed by atoms with van der Waals surface area (Å²) in [4.78, 5) is 11.7. The molecule has 3 nitrogen and oxygen atoms in total. The summed E-state index contributed by atoms with van der Waals surface area (Å²) >= 11 is 5.93. The van der Waals surface area contributed by atoms with Gasteiger partial charge < -0.3 is 10.1 Å². The number of alkyl halides is 4. The average molecular weight is 358 g/mol. The Bertz CT molecular complexity index is 650. The van der Waals surface area contributed by atoms with E-state index >= 15 is 0 Å². The summed E-state index contributed by atoms with van der Waals surface area (Å²) in [5, 5.41) is 0.345. The zero-order valence-corrected chi connectivity index (χ0v) is 13.2. The molecule has 0 saturated heterocycles. The van der Waals surface area contributed by atoms with E-state index in [9.17, 15) is 18.0 Å². The monoisotopic (exact) mass is 357 g/mol. The van der Waals surface area contributed by atoms with E-state index in [2.05, 4.69) is 0 Å². The molecular formula is C17H15ClF3NO2. The fraction of sp³-hybridized carbons (Fsp3) is 0.235. The van der Waals surface area contributed by atoms with Crippen molar-refractivity contribution in [1.29, 1.82) is 0 Å². The molecule has 1 N–H and O–H groups in total. The number of rotatable bonds is 5. The van der Waals surface area contributed by atoms with E-state index in [-0.39, 0.29) is 12.2 Å². The number of halogens is 4. The van der Waals surface area contributed by atoms with Gasteiger partial charge in [0.05, 0.1) is 5.38 Å². The summed E-state index contributed by atoms with van der Waals surface area (Å²) in [6, 6.07) is 14.1. The van der Waals surface area contributed by atoms with Crippen molar-refractivity contribution in [2.45, 2.75) is 24.2 Å². The molecule has 7 heteroatoms. The fourth-order valence-electron chi connectivity index (χ4n) is 2.04. The number of alkyl carbamates (subject to hydrolysis) is 1. The van der Waals surface area contributed by atoms with E-state index in [1.54, 1.807) is 48.5 Å². The SMILES string of the molecule is O=C(N[C@H]([C@H](Cl)c1ccccc1)C(F)(F)F)OCc1ccccc1. The Balaban J connectivity index is 2.02. The van der Waals surface area contributed by atoms with Crippen LogP contribution in [0.5, 0.6) is 0 Å². The minimum absolute atomic E-state index is 0.129. The molecule has 0 spiro atoms. The lowest BCUT2D eigenvalue weighted by Gasteiger charge is -2.25. The van der Waals surface area contributed by atoms with Crippen LogP contribution in [-0.2, 0) is 11.3 Å². The van der Waals surface area contributed by atoms with Crippen molar-refractivity contribution in [1.82, 2.24) is 5.32 Å². The van der Waals surface area contributed by atoms with E-state index in [1.807, 2.05) is 5.32 Å². The molecule has 128 valence electrons. The van der Waals surface area contributed by atoms with Crippen molar-refractivity contribution >= 4 is 17.7 Å². The van der Waals surface area contributed by atoms with Crippen molar-refractivity contribution in [3.8, 4) is 0 Å². The molecule has 0 heterocycles.